The maximum Gasteiger partial charge on any atom is 0.254 e. The van der Waals surface area contributed by atoms with E-state index in [1.165, 1.54) is 12.1 Å². The minimum atomic E-state index is -0.287. The van der Waals surface area contributed by atoms with Gasteiger partial charge in [-0.1, -0.05) is 12.1 Å². The van der Waals surface area contributed by atoms with E-state index in [2.05, 4.69) is 25.6 Å². The number of pyridine rings is 1. The highest BCUT2D eigenvalue weighted by Crippen LogP contribution is 2.20. The Bertz CT molecular complexity index is 994. The number of anilines is 3. The Labute approximate surface area is 173 Å². The van der Waals surface area contributed by atoms with Crippen LogP contribution < -0.4 is 10.6 Å². The van der Waals surface area contributed by atoms with Crippen molar-refractivity contribution < 1.29 is 13.9 Å². The smallest absolute Gasteiger partial charge is 0.254 e. The Morgan fingerprint density at radius 2 is 1.83 bits per heavy atom. The fraction of sp³-hybridized carbons (Fsp3) is 0.238. The number of hydrogen-bond donors (Lipinski definition) is 2. The van der Waals surface area contributed by atoms with Gasteiger partial charge in [-0.25, -0.2) is 14.4 Å². The summed E-state index contributed by atoms with van der Waals surface area (Å²) in [5, 5.41) is 6.28. The molecule has 154 valence electrons. The summed E-state index contributed by atoms with van der Waals surface area (Å²) in [6.45, 7) is 2.58. The highest BCUT2D eigenvalue weighted by molar-refractivity contribution is 5.96. The number of morpholine rings is 1. The van der Waals surface area contributed by atoms with Crippen LogP contribution in [0.25, 0.3) is 0 Å². The molecular weight excluding hydrogens is 387 g/mol. The van der Waals surface area contributed by atoms with Gasteiger partial charge in [0, 0.05) is 37.6 Å². The maximum atomic E-state index is 13.1. The molecule has 0 saturated carbocycles. The summed E-state index contributed by atoms with van der Waals surface area (Å²) < 4.78 is 18.5. The number of carbonyl (C=O) groups excluding carboxylic acids is 1. The number of amides is 1. The van der Waals surface area contributed by atoms with E-state index in [1.54, 1.807) is 47.8 Å². The second kappa shape index (κ2) is 9.27. The van der Waals surface area contributed by atoms with Crippen LogP contribution in [0, 0.1) is 5.82 Å². The van der Waals surface area contributed by atoms with Gasteiger partial charge < -0.3 is 20.3 Å². The average Bonchev–Trinajstić information content (AvgIpc) is 2.79. The van der Waals surface area contributed by atoms with Crippen LogP contribution in [0.3, 0.4) is 0 Å². The van der Waals surface area contributed by atoms with Crippen molar-refractivity contribution in [3.05, 3.63) is 71.9 Å². The van der Waals surface area contributed by atoms with Crippen LogP contribution in [0.4, 0.5) is 21.8 Å². The van der Waals surface area contributed by atoms with E-state index in [0.717, 1.165) is 5.56 Å². The summed E-state index contributed by atoms with van der Waals surface area (Å²) >= 11 is 0. The van der Waals surface area contributed by atoms with Crippen LogP contribution >= 0.6 is 0 Å². The molecule has 2 aromatic heterocycles. The molecule has 0 spiro atoms. The molecule has 0 aliphatic carbocycles. The van der Waals surface area contributed by atoms with Gasteiger partial charge in [-0.2, -0.15) is 0 Å². The second-order valence-corrected chi connectivity index (χ2v) is 6.73. The topological polar surface area (TPSA) is 92.3 Å². The molecule has 0 atom stereocenters. The molecule has 1 aliphatic heterocycles. The quantitative estimate of drug-likeness (QED) is 0.648. The highest BCUT2D eigenvalue weighted by Gasteiger charge is 2.20. The zero-order valence-corrected chi connectivity index (χ0v) is 16.2. The van der Waals surface area contributed by atoms with Gasteiger partial charge in [0.25, 0.3) is 5.91 Å². The van der Waals surface area contributed by atoms with Gasteiger partial charge in [-0.05, 0) is 29.8 Å². The third-order valence-electron chi connectivity index (χ3n) is 4.58. The van der Waals surface area contributed by atoms with E-state index in [4.69, 9.17) is 4.74 Å². The molecule has 1 saturated heterocycles. The number of rotatable bonds is 6. The normalized spacial score (nSPS) is 13.7. The summed E-state index contributed by atoms with van der Waals surface area (Å²) in [7, 11) is 0. The minimum absolute atomic E-state index is 0.0901. The summed E-state index contributed by atoms with van der Waals surface area (Å²) in [5.74, 6) is 1.13. The maximum absolute atomic E-state index is 13.1. The van der Waals surface area contributed by atoms with Crippen molar-refractivity contribution in [2.75, 3.05) is 36.9 Å². The Kier molecular flexibility index (Phi) is 6.09. The molecule has 1 amide bonds. The molecule has 1 fully saturated rings. The molecule has 30 heavy (non-hydrogen) atoms. The Balaban J connectivity index is 1.57. The molecule has 0 radical (unpaired) electrons. The van der Waals surface area contributed by atoms with Gasteiger partial charge >= 0.3 is 0 Å². The SMILES string of the molecule is O=C(c1cc(NCc2ccc(F)cc2)nc(Nc2cnccn2)c1)N1CCOCC1. The number of aromatic nitrogens is 3. The van der Waals surface area contributed by atoms with E-state index >= 15 is 0 Å². The Hall–Kier alpha value is -3.59. The summed E-state index contributed by atoms with van der Waals surface area (Å²) in [6, 6.07) is 9.61. The molecule has 9 heteroatoms. The monoisotopic (exact) mass is 408 g/mol. The van der Waals surface area contributed by atoms with Gasteiger partial charge in [0.2, 0.25) is 0 Å². The predicted octanol–water partition coefficient (Wildman–Crippen LogP) is 2.84. The zero-order valence-electron chi connectivity index (χ0n) is 16.2. The molecule has 3 aromatic rings. The lowest BCUT2D eigenvalue weighted by Crippen LogP contribution is -2.40. The average molecular weight is 408 g/mol. The van der Waals surface area contributed by atoms with Gasteiger partial charge in [0.1, 0.15) is 23.3 Å². The number of ether oxygens (including phenoxy) is 1. The van der Waals surface area contributed by atoms with Gasteiger partial charge in [-0.15, -0.1) is 0 Å². The number of nitrogens with one attached hydrogen (secondary N) is 2. The third kappa shape index (κ3) is 5.06. The van der Waals surface area contributed by atoms with Crippen molar-refractivity contribution >= 4 is 23.4 Å². The van der Waals surface area contributed by atoms with Crippen LogP contribution in [0.15, 0.2) is 55.0 Å². The van der Waals surface area contributed by atoms with E-state index in [9.17, 15) is 9.18 Å². The van der Waals surface area contributed by atoms with Crippen molar-refractivity contribution in [2.45, 2.75) is 6.54 Å². The first-order valence-corrected chi connectivity index (χ1v) is 9.58. The van der Waals surface area contributed by atoms with Crippen LogP contribution in [0.2, 0.25) is 0 Å². The molecule has 3 heterocycles. The lowest BCUT2D eigenvalue weighted by atomic mass is 10.2. The van der Waals surface area contributed by atoms with Gasteiger partial charge in [0.15, 0.2) is 0 Å². The second-order valence-electron chi connectivity index (χ2n) is 6.73. The van der Waals surface area contributed by atoms with Crippen molar-refractivity contribution in [2.24, 2.45) is 0 Å². The van der Waals surface area contributed by atoms with Gasteiger partial charge in [-0.3, -0.25) is 9.78 Å². The fourth-order valence-electron chi connectivity index (χ4n) is 3.05. The fourth-order valence-corrected chi connectivity index (χ4v) is 3.05. The summed E-state index contributed by atoms with van der Waals surface area (Å²) in [5.41, 5.74) is 1.39. The molecule has 1 aliphatic rings. The molecule has 0 unspecified atom stereocenters. The first-order valence-electron chi connectivity index (χ1n) is 9.58. The highest BCUT2D eigenvalue weighted by atomic mass is 19.1. The van der Waals surface area contributed by atoms with E-state index in [0.29, 0.717) is 55.9 Å². The Morgan fingerprint density at radius 3 is 2.57 bits per heavy atom. The molecular formula is C21H21FN6O2. The first-order chi connectivity index (χ1) is 14.7. The minimum Gasteiger partial charge on any atom is -0.378 e. The van der Waals surface area contributed by atoms with Crippen LogP contribution in [0.5, 0.6) is 0 Å². The predicted molar refractivity (Wildman–Crippen MR) is 110 cm³/mol. The van der Waals surface area contributed by atoms with E-state index < -0.39 is 0 Å². The number of hydrogen-bond acceptors (Lipinski definition) is 7. The largest absolute Gasteiger partial charge is 0.378 e. The molecule has 4 rings (SSSR count). The standard InChI is InChI=1S/C21H21FN6O2/c22-17-3-1-15(2-4-17)13-25-18-11-16(21(29)28-7-9-30-10-8-28)12-19(26-18)27-20-14-23-5-6-24-20/h1-6,11-12,14H,7-10,13H2,(H2,24,25,26,27). The first kappa shape index (κ1) is 19.7. The molecule has 1 aromatic carbocycles. The van der Waals surface area contributed by atoms with Gasteiger partial charge in [0.05, 0.1) is 19.4 Å². The third-order valence-corrected chi connectivity index (χ3v) is 4.58. The molecule has 8 nitrogen and oxygen atoms in total. The van der Waals surface area contributed by atoms with Crippen molar-refractivity contribution in [3.8, 4) is 0 Å². The number of carbonyl (C=O) groups is 1. The lowest BCUT2D eigenvalue weighted by molar-refractivity contribution is 0.0303. The Morgan fingerprint density at radius 1 is 1.07 bits per heavy atom. The van der Waals surface area contributed by atoms with Crippen LogP contribution in [-0.4, -0.2) is 52.1 Å². The van der Waals surface area contributed by atoms with Crippen molar-refractivity contribution in [1.29, 1.82) is 0 Å². The number of halogens is 1. The van der Waals surface area contributed by atoms with Crippen molar-refractivity contribution in [1.82, 2.24) is 19.9 Å². The van der Waals surface area contributed by atoms with E-state index in [1.807, 2.05) is 0 Å². The summed E-state index contributed by atoms with van der Waals surface area (Å²) in [4.78, 5) is 27.5. The lowest BCUT2D eigenvalue weighted by Gasteiger charge is -2.27. The molecule has 2 N–H and O–H groups in total. The van der Waals surface area contributed by atoms with E-state index in [-0.39, 0.29) is 11.7 Å². The number of benzene rings is 1. The summed E-state index contributed by atoms with van der Waals surface area (Å²) in [6.07, 6.45) is 4.72. The number of nitrogens with zero attached hydrogens (tertiary/aromatic N) is 4. The van der Waals surface area contributed by atoms with Crippen molar-refractivity contribution in [3.63, 3.8) is 0 Å². The van der Waals surface area contributed by atoms with Crippen LogP contribution in [0.1, 0.15) is 15.9 Å². The van der Waals surface area contributed by atoms with Crippen LogP contribution in [-0.2, 0) is 11.3 Å². The zero-order chi connectivity index (χ0) is 20.8. The molecule has 0 bridgehead atoms.